The lowest BCUT2D eigenvalue weighted by Gasteiger charge is -2.26. The van der Waals surface area contributed by atoms with Crippen molar-refractivity contribution in [3.8, 4) is 0 Å². The molecule has 3 rings (SSSR count). The zero-order valence-corrected chi connectivity index (χ0v) is 17.6. The van der Waals surface area contributed by atoms with E-state index in [1.807, 2.05) is 13.0 Å². The summed E-state index contributed by atoms with van der Waals surface area (Å²) >= 11 is 0. The third-order valence-corrected chi connectivity index (χ3v) is 5.45. The van der Waals surface area contributed by atoms with E-state index < -0.39 is 34.9 Å². The molecule has 1 aliphatic rings. The van der Waals surface area contributed by atoms with Crippen molar-refractivity contribution in [1.82, 2.24) is 10.2 Å². The van der Waals surface area contributed by atoms with Gasteiger partial charge in [-0.25, -0.2) is 4.79 Å². The molecule has 0 bridgehead atoms. The van der Waals surface area contributed by atoms with Gasteiger partial charge in [0, 0.05) is 6.07 Å². The van der Waals surface area contributed by atoms with Gasteiger partial charge >= 0.3 is 6.03 Å². The monoisotopic (exact) mass is 424 g/mol. The molecule has 9 heteroatoms. The summed E-state index contributed by atoms with van der Waals surface area (Å²) in [4.78, 5) is 50.1. The van der Waals surface area contributed by atoms with Crippen molar-refractivity contribution >= 4 is 29.2 Å². The molecule has 0 aromatic heterocycles. The second kappa shape index (κ2) is 8.55. The molecule has 1 fully saturated rings. The number of aryl methyl sites for hydroxylation is 2. The molecule has 1 heterocycles. The molecular formula is C22H24N4O5. The molecule has 9 nitrogen and oxygen atoms in total. The average molecular weight is 424 g/mol. The highest BCUT2D eigenvalue weighted by Crippen LogP contribution is 2.34. The Morgan fingerprint density at radius 1 is 1.16 bits per heavy atom. The van der Waals surface area contributed by atoms with E-state index in [2.05, 4.69) is 10.6 Å². The maximum Gasteiger partial charge on any atom is 0.325 e. The Balaban J connectivity index is 1.84. The molecule has 0 aliphatic carbocycles. The maximum absolute atomic E-state index is 13.2. The van der Waals surface area contributed by atoms with Crippen molar-refractivity contribution in [3.63, 3.8) is 0 Å². The van der Waals surface area contributed by atoms with Crippen LogP contribution in [0.25, 0.3) is 0 Å². The SMILES string of the molecule is CCC[C@]1(c2ccccc2)NC(=O)N(CC(=O)Nc2cc(C)c(C)cc2[N+](=O)[O-])C1=O. The Hall–Kier alpha value is -3.75. The number of urea groups is 1. The van der Waals surface area contributed by atoms with Gasteiger partial charge in [-0.05, 0) is 43.0 Å². The normalized spacial score (nSPS) is 18.1. The van der Waals surface area contributed by atoms with Crippen LogP contribution in [-0.4, -0.2) is 34.2 Å². The van der Waals surface area contributed by atoms with Gasteiger partial charge in [-0.2, -0.15) is 0 Å². The fourth-order valence-corrected chi connectivity index (χ4v) is 3.76. The first-order valence-electron chi connectivity index (χ1n) is 9.94. The Morgan fingerprint density at radius 3 is 2.42 bits per heavy atom. The Labute approximate surface area is 179 Å². The summed E-state index contributed by atoms with van der Waals surface area (Å²) < 4.78 is 0. The molecule has 2 aromatic rings. The zero-order chi connectivity index (χ0) is 22.8. The van der Waals surface area contributed by atoms with Crippen LogP contribution in [0.1, 0.15) is 36.5 Å². The van der Waals surface area contributed by atoms with Crippen LogP contribution in [0.3, 0.4) is 0 Å². The van der Waals surface area contributed by atoms with E-state index >= 15 is 0 Å². The summed E-state index contributed by atoms with van der Waals surface area (Å²) in [6.45, 7) is 4.86. The number of rotatable bonds is 7. The van der Waals surface area contributed by atoms with Gasteiger partial charge in [0.05, 0.1) is 4.92 Å². The van der Waals surface area contributed by atoms with Gasteiger partial charge in [-0.3, -0.25) is 24.6 Å². The quantitative estimate of drug-likeness (QED) is 0.401. The van der Waals surface area contributed by atoms with Crippen LogP contribution in [0, 0.1) is 24.0 Å². The second-order valence-electron chi connectivity index (χ2n) is 7.60. The second-order valence-corrected chi connectivity index (χ2v) is 7.60. The molecule has 2 aromatic carbocycles. The third-order valence-electron chi connectivity index (χ3n) is 5.45. The molecular weight excluding hydrogens is 400 g/mol. The summed E-state index contributed by atoms with van der Waals surface area (Å²) in [7, 11) is 0. The van der Waals surface area contributed by atoms with Crippen LogP contribution < -0.4 is 10.6 Å². The lowest BCUT2D eigenvalue weighted by atomic mass is 9.85. The van der Waals surface area contributed by atoms with Crippen molar-refractivity contribution in [2.45, 2.75) is 39.2 Å². The van der Waals surface area contributed by atoms with E-state index in [1.165, 1.54) is 12.1 Å². The van der Waals surface area contributed by atoms with Crippen molar-refractivity contribution in [1.29, 1.82) is 0 Å². The Kier molecular flexibility index (Phi) is 6.05. The van der Waals surface area contributed by atoms with Gasteiger partial charge in [-0.1, -0.05) is 43.7 Å². The number of nitro benzene ring substituents is 1. The maximum atomic E-state index is 13.2. The topological polar surface area (TPSA) is 122 Å². The highest BCUT2D eigenvalue weighted by atomic mass is 16.6. The standard InChI is InChI=1S/C22H24N4O5/c1-4-10-22(16-8-6-5-7-9-16)20(28)25(21(29)24-22)13-19(27)23-17-11-14(2)15(3)12-18(17)26(30)31/h5-9,11-12H,4,10,13H2,1-3H3,(H,23,27)(H,24,29)/t22-/m1/s1. The van der Waals surface area contributed by atoms with E-state index in [0.29, 0.717) is 24.0 Å². The molecule has 0 unspecified atom stereocenters. The van der Waals surface area contributed by atoms with E-state index in [-0.39, 0.29) is 11.4 Å². The number of benzene rings is 2. The number of nitro groups is 1. The first-order chi connectivity index (χ1) is 14.7. The Morgan fingerprint density at radius 2 is 1.81 bits per heavy atom. The lowest BCUT2D eigenvalue weighted by Crippen LogP contribution is -2.44. The summed E-state index contributed by atoms with van der Waals surface area (Å²) in [6.07, 6.45) is 1.01. The minimum absolute atomic E-state index is 0.0213. The molecule has 0 spiro atoms. The minimum atomic E-state index is -1.24. The van der Waals surface area contributed by atoms with Gasteiger partial charge in [-0.15, -0.1) is 0 Å². The minimum Gasteiger partial charge on any atom is -0.319 e. The number of amides is 4. The average Bonchev–Trinajstić information content (AvgIpc) is 2.96. The number of hydrogen-bond donors (Lipinski definition) is 2. The van der Waals surface area contributed by atoms with Crippen molar-refractivity contribution < 1.29 is 19.3 Å². The summed E-state index contributed by atoms with van der Waals surface area (Å²) in [5.74, 6) is -1.22. The van der Waals surface area contributed by atoms with Crippen LogP contribution in [0.4, 0.5) is 16.2 Å². The van der Waals surface area contributed by atoms with Gasteiger partial charge in [0.25, 0.3) is 11.6 Å². The largest absolute Gasteiger partial charge is 0.325 e. The van der Waals surface area contributed by atoms with Crippen molar-refractivity contribution in [3.05, 3.63) is 69.3 Å². The zero-order valence-electron chi connectivity index (χ0n) is 17.6. The van der Waals surface area contributed by atoms with Crippen LogP contribution in [0.15, 0.2) is 42.5 Å². The first kappa shape index (κ1) is 21.9. The fourth-order valence-electron chi connectivity index (χ4n) is 3.76. The van der Waals surface area contributed by atoms with Gasteiger partial charge in [0.2, 0.25) is 5.91 Å². The number of hydrogen-bond acceptors (Lipinski definition) is 5. The molecule has 1 saturated heterocycles. The molecule has 31 heavy (non-hydrogen) atoms. The number of carbonyl (C=O) groups is 3. The van der Waals surface area contributed by atoms with Gasteiger partial charge in [0.15, 0.2) is 0 Å². The van der Waals surface area contributed by atoms with Crippen LogP contribution in [0.5, 0.6) is 0 Å². The third kappa shape index (κ3) is 4.11. The number of imide groups is 1. The van der Waals surface area contributed by atoms with Crippen molar-refractivity contribution in [2.24, 2.45) is 0 Å². The van der Waals surface area contributed by atoms with E-state index in [0.717, 1.165) is 10.5 Å². The molecule has 2 N–H and O–H groups in total. The number of nitrogens with one attached hydrogen (secondary N) is 2. The summed E-state index contributed by atoms with van der Waals surface area (Å²) in [6, 6.07) is 11.1. The van der Waals surface area contributed by atoms with E-state index in [9.17, 15) is 24.5 Å². The van der Waals surface area contributed by atoms with Gasteiger partial charge < -0.3 is 10.6 Å². The lowest BCUT2D eigenvalue weighted by molar-refractivity contribution is -0.384. The fraction of sp³-hybridized carbons (Fsp3) is 0.318. The number of carbonyl (C=O) groups excluding carboxylic acids is 3. The molecule has 1 aliphatic heterocycles. The number of anilines is 1. The van der Waals surface area contributed by atoms with E-state index in [1.54, 1.807) is 38.1 Å². The summed E-state index contributed by atoms with van der Waals surface area (Å²) in [5, 5.41) is 16.6. The molecule has 162 valence electrons. The predicted octanol–water partition coefficient (Wildman–Crippen LogP) is 3.40. The number of nitrogens with zero attached hydrogens (tertiary/aromatic N) is 2. The Bertz CT molecular complexity index is 1050. The smallest absolute Gasteiger partial charge is 0.319 e. The molecule has 4 amide bonds. The van der Waals surface area contributed by atoms with Gasteiger partial charge in [0.1, 0.15) is 17.8 Å². The van der Waals surface area contributed by atoms with Crippen LogP contribution in [-0.2, 0) is 15.1 Å². The molecule has 0 saturated carbocycles. The summed E-state index contributed by atoms with van der Waals surface area (Å²) in [5.41, 5.74) is 0.655. The van der Waals surface area contributed by atoms with Crippen molar-refractivity contribution in [2.75, 3.05) is 11.9 Å². The van der Waals surface area contributed by atoms with Crippen LogP contribution in [0.2, 0.25) is 0 Å². The predicted molar refractivity (Wildman–Crippen MR) is 114 cm³/mol. The molecule has 0 radical (unpaired) electrons. The van der Waals surface area contributed by atoms with E-state index in [4.69, 9.17) is 0 Å². The molecule has 1 atom stereocenters. The first-order valence-corrected chi connectivity index (χ1v) is 9.94. The highest BCUT2D eigenvalue weighted by molar-refractivity contribution is 6.10. The van der Waals surface area contributed by atoms with Crippen LogP contribution >= 0.6 is 0 Å². The highest BCUT2D eigenvalue weighted by Gasteiger charge is 2.52.